The zero-order chi connectivity index (χ0) is 17.3. The summed E-state index contributed by atoms with van der Waals surface area (Å²) >= 11 is 0. The van der Waals surface area contributed by atoms with Crippen LogP contribution >= 0.6 is 0 Å². The van der Waals surface area contributed by atoms with E-state index in [1.165, 1.54) is 0 Å². The topological polar surface area (TPSA) is 59.4 Å². The summed E-state index contributed by atoms with van der Waals surface area (Å²) in [6, 6.07) is 7.61. The molecule has 6 nitrogen and oxygen atoms in total. The largest absolute Gasteiger partial charge is 0.377 e. The van der Waals surface area contributed by atoms with E-state index in [2.05, 4.69) is 10.4 Å². The van der Waals surface area contributed by atoms with Crippen molar-refractivity contribution in [1.82, 2.24) is 14.7 Å². The van der Waals surface area contributed by atoms with Crippen molar-refractivity contribution in [1.29, 1.82) is 0 Å². The minimum absolute atomic E-state index is 0.100. The van der Waals surface area contributed by atoms with Gasteiger partial charge < -0.3 is 15.0 Å². The fraction of sp³-hybridized carbons (Fsp3) is 0.444. The van der Waals surface area contributed by atoms with Gasteiger partial charge in [-0.05, 0) is 38.5 Å². The Morgan fingerprint density at radius 2 is 2.12 bits per heavy atom. The van der Waals surface area contributed by atoms with Crippen LogP contribution in [0.4, 0.5) is 10.5 Å². The van der Waals surface area contributed by atoms with Crippen molar-refractivity contribution < 1.29 is 9.53 Å². The van der Waals surface area contributed by atoms with E-state index in [-0.39, 0.29) is 12.1 Å². The van der Waals surface area contributed by atoms with Gasteiger partial charge in [0.2, 0.25) is 0 Å². The Labute approximate surface area is 142 Å². The van der Waals surface area contributed by atoms with Crippen LogP contribution in [0.5, 0.6) is 0 Å². The lowest BCUT2D eigenvalue weighted by molar-refractivity contribution is 0.0143. The van der Waals surface area contributed by atoms with Gasteiger partial charge in [-0.1, -0.05) is 12.1 Å². The molecule has 2 amide bonds. The summed E-state index contributed by atoms with van der Waals surface area (Å²) in [5.41, 5.74) is 5.02. The fourth-order valence-electron chi connectivity index (χ4n) is 3.28. The fourth-order valence-corrected chi connectivity index (χ4v) is 3.28. The van der Waals surface area contributed by atoms with Crippen LogP contribution in [0.1, 0.15) is 28.6 Å². The van der Waals surface area contributed by atoms with Crippen molar-refractivity contribution in [2.24, 2.45) is 7.05 Å². The van der Waals surface area contributed by atoms with Gasteiger partial charge in [-0.2, -0.15) is 5.10 Å². The maximum atomic E-state index is 12.8. The molecule has 0 bridgehead atoms. The number of anilines is 1. The predicted molar refractivity (Wildman–Crippen MR) is 93.1 cm³/mol. The van der Waals surface area contributed by atoms with Crippen LogP contribution in [-0.2, 0) is 11.8 Å². The van der Waals surface area contributed by atoms with E-state index in [0.29, 0.717) is 19.8 Å². The molecule has 1 aliphatic heterocycles. The number of nitrogens with zero attached hydrogens (tertiary/aromatic N) is 3. The van der Waals surface area contributed by atoms with Gasteiger partial charge in [0, 0.05) is 30.5 Å². The van der Waals surface area contributed by atoms with Crippen LogP contribution in [0.15, 0.2) is 24.3 Å². The Bertz CT molecular complexity index is 753. The van der Waals surface area contributed by atoms with Gasteiger partial charge in [-0.3, -0.25) is 4.68 Å². The summed E-state index contributed by atoms with van der Waals surface area (Å²) in [7, 11) is 1.92. The number of morpholine rings is 1. The lowest BCUT2D eigenvalue weighted by Crippen LogP contribution is -2.45. The van der Waals surface area contributed by atoms with E-state index in [9.17, 15) is 4.79 Å². The first-order valence-corrected chi connectivity index (χ1v) is 8.19. The Kier molecular flexibility index (Phi) is 4.57. The number of rotatable bonds is 2. The van der Waals surface area contributed by atoms with Crippen LogP contribution in [0, 0.1) is 20.8 Å². The highest BCUT2D eigenvalue weighted by Crippen LogP contribution is 2.29. The molecule has 1 saturated heterocycles. The van der Waals surface area contributed by atoms with E-state index >= 15 is 0 Å². The van der Waals surface area contributed by atoms with E-state index in [4.69, 9.17) is 4.74 Å². The quantitative estimate of drug-likeness (QED) is 0.922. The highest BCUT2D eigenvalue weighted by atomic mass is 16.5. The van der Waals surface area contributed by atoms with Gasteiger partial charge in [-0.15, -0.1) is 0 Å². The molecule has 3 rings (SSSR count). The van der Waals surface area contributed by atoms with Gasteiger partial charge in [-0.25, -0.2) is 4.79 Å². The SMILES string of the molecule is Cc1cccc(NC(=O)N2CCOC[C@@H]2c2c(C)nn(C)c2C)c1. The Morgan fingerprint density at radius 1 is 1.33 bits per heavy atom. The van der Waals surface area contributed by atoms with Gasteiger partial charge >= 0.3 is 6.03 Å². The number of amides is 2. The van der Waals surface area contributed by atoms with Crippen LogP contribution in [0.3, 0.4) is 0 Å². The maximum Gasteiger partial charge on any atom is 0.322 e. The lowest BCUT2D eigenvalue weighted by Gasteiger charge is -2.36. The normalized spacial score (nSPS) is 17.8. The summed E-state index contributed by atoms with van der Waals surface area (Å²) in [5.74, 6) is 0. The number of ether oxygens (including phenoxy) is 1. The molecule has 2 heterocycles. The number of nitrogens with one attached hydrogen (secondary N) is 1. The zero-order valence-corrected chi connectivity index (χ0v) is 14.7. The second-order valence-electron chi connectivity index (χ2n) is 6.29. The van der Waals surface area contributed by atoms with E-state index in [1.54, 1.807) is 0 Å². The third kappa shape index (κ3) is 3.14. The lowest BCUT2D eigenvalue weighted by atomic mass is 10.0. The number of aromatic nitrogens is 2. The predicted octanol–water partition coefficient (Wildman–Crippen LogP) is 2.95. The Hall–Kier alpha value is -2.34. The van der Waals surface area contributed by atoms with Crippen molar-refractivity contribution in [2.45, 2.75) is 26.8 Å². The third-order valence-corrected chi connectivity index (χ3v) is 4.56. The first-order chi connectivity index (χ1) is 11.5. The van der Waals surface area contributed by atoms with Gasteiger partial charge in [0.15, 0.2) is 0 Å². The van der Waals surface area contributed by atoms with Gasteiger partial charge in [0.05, 0.1) is 24.9 Å². The molecule has 1 aromatic heterocycles. The molecule has 2 aromatic rings. The second-order valence-corrected chi connectivity index (χ2v) is 6.29. The minimum atomic E-state index is -0.114. The van der Waals surface area contributed by atoms with Crippen molar-refractivity contribution in [3.63, 3.8) is 0 Å². The van der Waals surface area contributed by atoms with Crippen LogP contribution in [0.2, 0.25) is 0 Å². The summed E-state index contributed by atoms with van der Waals surface area (Å²) in [6.45, 7) is 7.63. The molecular weight excluding hydrogens is 304 g/mol. The molecule has 1 N–H and O–H groups in total. The first-order valence-electron chi connectivity index (χ1n) is 8.19. The van der Waals surface area contributed by atoms with Crippen molar-refractivity contribution in [2.75, 3.05) is 25.1 Å². The Balaban J connectivity index is 1.85. The number of benzene rings is 1. The zero-order valence-electron chi connectivity index (χ0n) is 14.7. The first kappa shape index (κ1) is 16.5. The van der Waals surface area contributed by atoms with Crippen molar-refractivity contribution in [3.8, 4) is 0 Å². The molecule has 6 heteroatoms. The molecule has 24 heavy (non-hydrogen) atoms. The molecule has 128 valence electrons. The van der Waals surface area contributed by atoms with Crippen LogP contribution in [-0.4, -0.2) is 40.5 Å². The average Bonchev–Trinajstić information content (AvgIpc) is 2.80. The molecule has 0 saturated carbocycles. The summed E-state index contributed by atoms with van der Waals surface area (Å²) in [5, 5.41) is 7.48. The summed E-state index contributed by atoms with van der Waals surface area (Å²) in [6.07, 6.45) is 0. The molecule has 1 aliphatic rings. The van der Waals surface area contributed by atoms with E-state index in [1.807, 2.05) is 61.7 Å². The third-order valence-electron chi connectivity index (χ3n) is 4.56. The highest BCUT2D eigenvalue weighted by molar-refractivity contribution is 5.89. The van der Waals surface area contributed by atoms with Crippen LogP contribution < -0.4 is 5.32 Å². The molecule has 1 fully saturated rings. The average molecular weight is 328 g/mol. The monoisotopic (exact) mass is 328 g/mol. The van der Waals surface area contributed by atoms with Crippen LogP contribution in [0.25, 0.3) is 0 Å². The van der Waals surface area contributed by atoms with Crippen molar-refractivity contribution in [3.05, 3.63) is 46.8 Å². The number of urea groups is 1. The maximum absolute atomic E-state index is 12.8. The van der Waals surface area contributed by atoms with E-state index in [0.717, 1.165) is 28.2 Å². The molecular formula is C18H24N4O2. The molecule has 0 aliphatic carbocycles. The molecule has 1 aromatic carbocycles. The number of aryl methyl sites for hydroxylation is 3. The number of hydrogen-bond acceptors (Lipinski definition) is 3. The molecule has 0 radical (unpaired) electrons. The minimum Gasteiger partial charge on any atom is -0.377 e. The van der Waals surface area contributed by atoms with Crippen molar-refractivity contribution >= 4 is 11.7 Å². The van der Waals surface area contributed by atoms with Gasteiger partial charge in [0.25, 0.3) is 0 Å². The molecule has 0 spiro atoms. The standard InChI is InChI=1S/C18H24N4O2/c1-12-6-5-7-15(10-12)19-18(23)22-8-9-24-11-16(22)17-13(2)20-21(4)14(17)3/h5-7,10,16H,8-9,11H2,1-4H3,(H,19,23)/t16-/m1/s1. The molecule has 0 unspecified atom stereocenters. The smallest absolute Gasteiger partial charge is 0.322 e. The number of hydrogen-bond donors (Lipinski definition) is 1. The number of carbonyl (C=O) groups is 1. The Morgan fingerprint density at radius 3 is 2.79 bits per heavy atom. The van der Waals surface area contributed by atoms with Gasteiger partial charge in [0.1, 0.15) is 0 Å². The summed E-state index contributed by atoms with van der Waals surface area (Å²) in [4.78, 5) is 14.7. The van der Waals surface area contributed by atoms with E-state index < -0.39 is 0 Å². The number of carbonyl (C=O) groups excluding carboxylic acids is 1. The highest BCUT2D eigenvalue weighted by Gasteiger charge is 2.32. The molecule has 1 atom stereocenters. The summed E-state index contributed by atoms with van der Waals surface area (Å²) < 4.78 is 7.50. The second kappa shape index (κ2) is 6.65.